The van der Waals surface area contributed by atoms with Crippen molar-refractivity contribution in [2.45, 2.75) is 44.9 Å². The molecule has 9 nitrogen and oxygen atoms in total. The third-order valence-corrected chi connectivity index (χ3v) is 6.19. The highest BCUT2D eigenvalue weighted by molar-refractivity contribution is 6.00. The van der Waals surface area contributed by atoms with Crippen molar-refractivity contribution in [2.75, 3.05) is 24.4 Å². The van der Waals surface area contributed by atoms with Crippen LogP contribution in [0.5, 0.6) is 5.75 Å². The van der Waals surface area contributed by atoms with Crippen molar-refractivity contribution < 1.29 is 23.5 Å². The summed E-state index contributed by atoms with van der Waals surface area (Å²) in [5, 5.41) is 13.5. The molecule has 0 radical (unpaired) electrons. The molecule has 35 heavy (non-hydrogen) atoms. The molecule has 2 N–H and O–H groups in total. The van der Waals surface area contributed by atoms with Crippen molar-refractivity contribution in [1.29, 1.82) is 0 Å². The van der Waals surface area contributed by atoms with Crippen molar-refractivity contribution in [1.82, 2.24) is 10.2 Å². The van der Waals surface area contributed by atoms with Crippen LogP contribution in [0, 0.1) is 5.92 Å². The number of hydrogen-bond acceptors (Lipinski definition) is 8. The summed E-state index contributed by atoms with van der Waals surface area (Å²) in [6.07, 6.45) is 4.61. The quantitative estimate of drug-likeness (QED) is 0.398. The summed E-state index contributed by atoms with van der Waals surface area (Å²) in [4.78, 5) is 24.1. The number of nitrogens with one attached hydrogen (secondary N) is 2. The molecule has 1 fully saturated rings. The van der Waals surface area contributed by atoms with Crippen LogP contribution in [0.15, 0.2) is 52.9 Å². The van der Waals surface area contributed by atoms with Gasteiger partial charge >= 0.3 is 23.8 Å². The maximum atomic E-state index is 12.6. The minimum absolute atomic E-state index is 0.113. The minimum atomic E-state index is -0.482. The van der Waals surface area contributed by atoms with Crippen LogP contribution in [0.1, 0.15) is 61.2 Å². The first-order valence-corrected chi connectivity index (χ1v) is 11.9. The molecule has 1 aliphatic carbocycles. The second-order valence-corrected chi connectivity index (χ2v) is 8.57. The van der Waals surface area contributed by atoms with Crippen LogP contribution in [0.2, 0.25) is 0 Å². The van der Waals surface area contributed by atoms with Crippen LogP contribution < -0.4 is 15.4 Å². The van der Waals surface area contributed by atoms with Gasteiger partial charge in [-0.15, -0.1) is 5.10 Å². The lowest BCUT2D eigenvalue weighted by atomic mass is 9.77. The Hall–Kier alpha value is -3.88. The van der Waals surface area contributed by atoms with E-state index in [4.69, 9.17) is 13.9 Å². The molecule has 1 aliphatic rings. The SMILES string of the molecule is CCOc1cccc(Nc2nnc(C(=O)Nc3ccc(C4CCC(CC(=O)OC)CC4)cc3)o2)c1. The maximum Gasteiger partial charge on any atom is 0.320 e. The van der Waals surface area contributed by atoms with E-state index in [-0.39, 0.29) is 17.9 Å². The summed E-state index contributed by atoms with van der Waals surface area (Å²) in [5.74, 6) is 0.825. The zero-order valence-corrected chi connectivity index (χ0v) is 20.0. The van der Waals surface area contributed by atoms with E-state index in [9.17, 15) is 9.59 Å². The first-order valence-electron chi connectivity index (χ1n) is 11.9. The smallest absolute Gasteiger partial charge is 0.320 e. The van der Waals surface area contributed by atoms with Crippen molar-refractivity contribution in [2.24, 2.45) is 5.92 Å². The number of rotatable bonds is 9. The maximum absolute atomic E-state index is 12.6. The van der Waals surface area contributed by atoms with Gasteiger partial charge < -0.3 is 24.5 Å². The molecule has 0 bridgehead atoms. The van der Waals surface area contributed by atoms with E-state index >= 15 is 0 Å². The van der Waals surface area contributed by atoms with Gasteiger partial charge in [-0.25, -0.2) is 0 Å². The number of benzene rings is 2. The Morgan fingerprint density at radius 3 is 2.51 bits per heavy atom. The number of hydrogen-bond donors (Lipinski definition) is 2. The number of aromatic nitrogens is 2. The summed E-state index contributed by atoms with van der Waals surface area (Å²) in [6.45, 7) is 2.48. The number of methoxy groups -OCH3 is 1. The van der Waals surface area contributed by atoms with Crippen LogP contribution in [0.3, 0.4) is 0 Å². The van der Waals surface area contributed by atoms with E-state index in [2.05, 4.69) is 20.8 Å². The molecule has 0 atom stereocenters. The lowest BCUT2D eigenvalue weighted by molar-refractivity contribution is -0.142. The van der Waals surface area contributed by atoms with Gasteiger partial charge in [0, 0.05) is 23.9 Å². The Labute approximate surface area is 204 Å². The Bertz CT molecular complexity index is 1140. The highest BCUT2D eigenvalue weighted by Crippen LogP contribution is 2.37. The van der Waals surface area contributed by atoms with E-state index in [0.29, 0.717) is 42.0 Å². The highest BCUT2D eigenvalue weighted by Gasteiger charge is 2.24. The second kappa shape index (κ2) is 11.5. The van der Waals surface area contributed by atoms with Crippen LogP contribution in [-0.2, 0) is 9.53 Å². The Balaban J connectivity index is 1.29. The Morgan fingerprint density at radius 2 is 1.80 bits per heavy atom. The van der Waals surface area contributed by atoms with Crippen molar-refractivity contribution in [3.63, 3.8) is 0 Å². The number of ether oxygens (including phenoxy) is 2. The van der Waals surface area contributed by atoms with Gasteiger partial charge in [0.2, 0.25) is 0 Å². The van der Waals surface area contributed by atoms with Crippen molar-refractivity contribution in [3.8, 4) is 5.75 Å². The summed E-state index contributed by atoms with van der Waals surface area (Å²) < 4.78 is 15.7. The molecular weight excluding hydrogens is 448 g/mol. The fourth-order valence-electron chi connectivity index (χ4n) is 4.36. The predicted molar refractivity (Wildman–Crippen MR) is 131 cm³/mol. The van der Waals surface area contributed by atoms with Crippen LogP contribution in [0.4, 0.5) is 17.4 Å². The molecule has 0 aliphatic heterocycles. The van der Waals surface area contributed by atoms with E-state index in [0.717, 1.165) is 25.7 Å². The molecule has 0 saturated heterocycles. The molecule has 1 aromatic heterocycles. The molecule has 0 spiro atoms. The molecule has 1 saturated carbocycles. The van der Waals surface area contributed by atoms with E-state index in [1.54, 1.807) is 6.07 Å². The number of nitrogens with zero attached hydrogens (tertiary/aromatic N) is 2. The average molecular weight is 479 g/mol. The summed E-state index contributed by atoms with van der Waals surface area (Å²) in [6, 6.07) is 15.3. The third-order valence-electron chi connectivity index (χ3n) is 6.19. The molecule has 4 rings (SSSR count). The topological polar surface area (TPSA) is 116 Å². The lowest BCUT2D eigenvalue weighted by Gasteiger charge is -2.28. The number of amides is 1. The van der Waals surface area contributed by atoms with Gasteiger partial charge in [-0.2, -0.15) is 0 Å². The summed E-state index contributed by atoms with van der Waals surface area (Å²) >= 11 is 0. The van der Waals surface area contributed by atoms with Crippen LogP contribution in [-0.4, -0.2) is 35.8 Å². The largest absolute Gasteiger partial charge is 0.494 e. The van der Waals surface area contributed by atoms with Gasteiger partial charge in [-0.1, -0.05) is 23.3 Å². The first-order chi connectivity index (χ1) is 17.0. The Morgan fingerprint density at radius 1 is 1.03 bits per heavy atom. The minimum Gasteiger partial charge on any atom is -0.494 e. The number of anilines is 3. The zero-order valence-electron chi connectivity index (χ0n) is 20.0. The third kappa shape index (κ3) is 6.59. The Kier molecular flexibility index (Phi) is 7.97. The van der Waals surface area contributed by atoms with Crippen LogP contribution in [0.25, 0.3) is 0 Å². The zero-order chi connectivity index (χ0) is 24.6. The van der Waals surface area contributed by atoms with E-state index in [1.165, 1.54) is 12.7 Å². The summed E-state index contributed by atoms with van der Waals surface area (Å²) in [7, 11) is 1.44. The molecule has 9 heteroatoms. The predicted octanol–water partition coefficient (Wildman–Crippen LogP) is 5.30. The number of esters is 1. The number of carbonyl (C=O) groups is 2. The molecule has 1 heterocycles. The van der Waals surface area contributed by atoms with Gasteiger partial charge in [0.25, 0.3) is 0 Å². The lowest BCUT2D eigenvalue weighted by Crippen LogP contribution is -2.17. The molecular formula is C26H30N4O5. The second-order valence-electron chi connectivity index (χ2n) is 8.57. The molecule has 0 unspecified atom stereocenters. The van der Waals surface area contributed by atoms with Gasteiger partial charge in [0.1, 0.15) is 5.75 Å². The van der Waals surface area contributed by atoms with Crippen molar-refractivity contribution >= 4 is 29.3 Å². The van der Waals surface area contributed by atoms with Crippen molar-refractivity contribution in [3.05, 3.63) is 60.0 Å². The average Bonchev–Trinajstić information content (AvgIpc) is 3.34. The normalized spacial score (nSPS) is 17.4. The number of carbonyl (C=O) groups excluding carboxylic acids is 2. The van der Waals surface area contributed by atoms with Gasteiger partial charge in [-0.05, 0) is 74.3 Å². The highest BCUT2D eigenvalue weighted by atomic mass is 16.5. The van der Waals surface area contributed by atoms with E-state index in [1.807, 2.05) is 49.4 Å². The van der Waals surface area contributed by atoms with Gasteiger partial charge in [0.15, 0.2) is 0 Å². The molecule has 184 valence electrons. The molecule has 1 amide bonds. The van der Waals surface area contributed by atoms with Gasteiger partial charge in [-0.3, -0.25) is 9.59 Å². The van der Waals surface area contributed by atoms with E-state index < -0.39 is 5.91 Å². The summed E-state index contributed by atoms with van der Waals surface area (Å²) in [5.41, 5.74) is 2.59. The molecule has 2 aromatic carbocycles. The fourth-order valence-corrected chi connectivity index (χ4v) is 4.36. The fraction of sp³-hybridized carbons (Fsp3) is 0.385. The first kappa shape index (κ1) is 24.3. The van der Waals surface area contributed by atoms with Crippen LogP contribution >= 0.6 is 0 Å². The molecule has 3 aromatic rings. The standard InChI is InChI=1S/C26H30N4O5/c1-3-34-22-6-4-5-21(16-22)28-26-30-29-25(35-26)24(32)27-20-13-11-19(12-14-20)18-9-7-17(8-10-18)15-23(31)33-2/h4-6,11-14,16-18H,3,7-10,15H2,1-2H3,(H,27,32)(H,28,30). The van der Waals surface area contributed by atoms with Gasteiger partial charge in [0.05, 0.1) is 13.7 Å². The monoisotopic (exact) mass is 478 g/mol.